The third-order valence-corrected chi connectivity index (χ3v) is 5.84. The van der Waals surface area contributed by atoms with Gasteiger partial charge in [-0.25, -0.2) is 4.79 Å². The number of amides is 1. The van der Waals surface area contributed by atoms with E-state index in [4.69, 9.17) is 5.73 Å². The number of anilines is 2. The first-order valence-electron chi connectivity index (χ1n) is 11.1. The monoisotopic (exact) mass is 445 g/mol. The summed E-state index contributed by atoms with van der Waals surface area (Å²) in [5.74, 6) is -0.483. The number of nitrogen functional groups attached to an aromatic ring is 1. The van der Waals surface area contributed by atoms with E-state index in [-0.39, 0.29) is 30.3 Å². The predicted octanol–water partition coefficient (Wildman–Crippen LogP) is 3.10. The minimum atomic E-state index is -0.691. The maximum absolute atomic E-state index is 13.4. The number of nitrogens with zero attached hydrogens (tertiary/aromatic N) is 3. The van der Waals surface area contributed by atoms with Crippen LogP contribution >= 0.6 is 0 Å². The smallest absolute Gasteiger partial charge is 0.330 e. The minimum Gasteiger partial charge on any atom is -0.383 e. The van der Waals surface area contributed by atoms with Crippen molar-refractivity contribution in [3.63, 3.8) is 0 Å². The highest BCUT2D eigenvalue weighted by atomic mass is 16.2. The zero-order valence-corrected chi connectivity index (χ0v) is 18.4. The summed E-state index contributed by atoms with van der Waals surface area (Å²) in [5, 5.41) is 0. The molecule has 1 aliphatic carbocycles. The topological polar surface area (TPSA) is 114 Å². The van der Waals surface area contributed by atoms with Gasteiger partial charge in [0.2, 0.25) is 0 Å². The number of hydrogen-bond acceptors (Lipinski definition) is 5. The maximum atomic E-state index is 13.4. The van der Waals surface area contributed by atoms with Crippen molar-refractivity contribution in [2.45, 2.75) is 38.6 Å². The molecular formula is C25H27N5O3. The molecule has 2 aromatic heterocycles. The number of H-pyrrole nitrogens is 1. The third kappa shape index (κ3) is 5.11. The van der Waals surface area contributed by atoms with Crippen molar-refractivity contribution < 1.29 is 4.79 Å². The van der Waals surface area contributed by atoms with Gasteiger partial charge in [0.1, 0.15) is 11.5 Å². The molecule has 8 heteroatoms. The number of pyridine rings is 1. The Morgan fingerprint density at radius 1 is 1.09 bits per heavy atom. The Balaban J connectivity index is 1.75. The number of rotatable bonds is 7. The SMILES string of the molecule is Nc1c(N(CCC2=CCCCC2)C(=O)c2ccccn2)c(=O)[nH]c(=O)n1Cc1ccccc1. The quantitative estimate of drug-likeness (QED) is 0.543. The summed E-state index contributed by atoms with van der Waals surface area (Å²) in [6.07, 6.45) is 8.63. The van der Waals surface area contributed by atoms with Crippen molar-refractivity contribution in [1.82, 2.24) is 14.5 Å². The highest BCUT2D eigenvalue weighted by Crippen LogP contribution is 2.24. The van der Waals surface area contributed by atoms with Gasteiger partial charge in [-0.2, -0.15) is 0 Å². The van der Waals surface area contributed by atoms with Crippen LogP contribution in [0.4, 0.5) is 11.5 Å². The summed E-state index contributed by atoms with van der Waals surface area (Å²) in [5.41, 5.74) is 7.34. The van der Waals surface area contributed by atoms with E-state index in [0.717, 1.165) is 31.2 Å². The normalized spacial score (nSPS) is 13.4. The molecule has 0 fully saturated rings. The van der Waals surface area contributed by atoms with E-state index < -0.39 is 17.2 Å². The Bertz CT molecular complexity index is 1260. The van der Waals surface area contributed by atoms with Crippen molar-refractivity contribution in [2.75, 3.05) is 17.2 Å². The molecule has 0 radical (unpaired) electrons. The Morgan fingerprint density at radius 2 is 1.88 bits per heavy atom. The van der Waals surface area contributed by atoms with Gasteiger partial charge >= 0.3 is 5.69 Å². The van der Waals surface area contributed by atoms with Crippen LogP contribution in [0.2, 0.25) is 0 Å². The number of nitrogens with two attached hydrogens (primary N) is 1. The second-order valence-corrected chi connectivity index (χ2v) is 8.09. The average Bonchev–Trinajstić information content (AvgIpc) is 2.85. The van der Waals surface area contributed by atoms with Crippen LogP contribution in [0.5, 0.6) is 0 Å². The fraction of sp³-hybridized carbons (Fsp3) is 0.280. The molecule has 1 aliphatic rings. The largest absolute Gasteiger partial charge is 0.383 e. The van der Waals surface area contributed by atoms with Crippen molar-refractivity contribution in [1.29, 1.82) is 0 Å². The summed E-state index contributed by atoms with van der Waals surface area (Å²) in [7, 11) is 0. The Kier molecular flexibility index (Phi) is 6.83. The first-order chi connectivity index (χ1) is 16.0. The zero-order valence-electron chi connectivity index (χ0n) is 18.4. The van der Waals surface area contributed by atoms with Gasteiger partial charge in [0.15, 0.2) is 5.69 Å². The number of hydrogen-bond donors (Lipinski definition) is 2. The molecule has 0 spiro atoms. The van der Waals surface area contributed by atoms with E-state index in [1.54, 1.807) is 18.2 Å². The lowest BCUT2D eigenvalue weighted by atomic mass is 9.97. The van der Waals surface area contributed by atoms with Crippen LogP contribution in [0, 0.1) is 0 Å². The summed E-state index contributed by atoms with van der Waals surface area (Å²) < 4.78 is 1.28. The van der Waals surface area contributed by atoms with Crippen molar-refractivity contribution in [2.24, 2.45) is 0 Å². The van der Waals surface area contributed by atoms with E-state index >= 15 is 0 Å². The second kappa shape index (κ2) is 10.1. The van der Waals surface area contributed by atoms with Crippen LogP contribution in [-0.2, 0) is 6.54 Å². The summed E-state index contributed by atoms with van der Waals surface area (Å²) in [4.78, 5) is 46.8. The fourth-order valence-corrected chi connectivity index (χ4v) is 4.09. The van der Waals surface area contributed by atoms with E-state index in [9.17, 15) is 14.4 Å². The molecule has 0 saturated carbocycles. The molecule has 2 heterocycles. The zero-order chi connectivity index (χ0) is 23.2. The van der Waals surface area contributed by atoms with Gasteiger partial charge in [-0.3, -0.25) is 29.0 Å². The minimum absolute atomic E-state index is 0.0300. The second-order valence-electron chi connectivity index (χ2n) is 8.09. The predicted molar refractivity (Wildman–Crippen MR) is 128 cm³/mol. The van der Waals surface area contributed by atoms with Gasteiger partial charge in [0.05, 0.1) is 6.54 Å². The van der Waals surface area contributed by atoms with Crippen LogP contribution < -0.4 is 21.9 Å². The maximum Gasteiger partial charge on any atom is 0.330 e. The lowest BCUT2D eigenvalue weighted by Gasteiger charge is -2.25. The van der Waals surface area contributed by atoms with Crippen LogP contribution in [0.1, 0.15) is 48.2 Å². The Morgan fingerprint density at radius 3 is 2.58 bits per heavy atom. The van der Waals surface area contributed by atoms with E-state index in [2.05, 4.69) is 16.0 Å². The standard InChI is InChI=1S/C25H27N5O3/c26-22-21(23(31)28-25(33)30(22)17-19-11-5-2-6-12-19)29(16-14-18-9-3-1-4-10-18)24(32)20-13-7-8-15-27-20/h2,5-9,11-13,15H,1,3-4,10,14,16-17,26H2,(H,28,31,33). The first-order valence-corrected chi connectivity index (χ1v) is 11.1. The number of aromatic nitrogens is 3. The van der Waals surface area contributed by atoms with Crippen LogP contribution in [0.25, 0.3) is 0 Å². The molecule has 4 rings (SSSR count). The molecule has 0 unspecified atom stereocenters. The lowest BCUT2D eigenvalue weighted by Crippen LogP contribution is -2.42. The number of nitrogens with one attached hydrogen (secondary N) is 1. The molecule has 0 saturated heterocycles. The summed E-state index contributed by atoms with van der Waals surface area (Å²) >= 11 is 0. The number of carbonyl (C=O) groups is 1. The molecule has 1 amide bonds. The van der Waals surface area contributed by atoms with Gasteiger partial charge in [-0.15, -0.1) is 0 Å². The average molecular weight is 446 g/mol. The molecule has 33 heavy (non-hydrogen) atoms. The molecule has 0 atom stereocenters. The molecule has 0 aliphatic heterocycles. The first kappa shape index (κ1) is 22.3. The Labute approximate surface area is 191 Å². The van der Waals surface area contributed by atoms with E-state index in [1.807, 2.05) is 30.3 Å². The molecule has 1 aromatic carbocycles. The van der Waals surface area contributed by atoms with Crippen molar-refractivity contribution in [3.05, 3.63) is 98.5 Å². The highest BCUT2D eigenvalue weighted by molar-refractivity contribution is 6.06. The van der Waals surface area contributed by atoms with Crippen LogP contribution in [0.15, 0.2) is 76.0 Å². The van der Waals surface area contributed by atoms with Crippen LogP contribution in [0.3, 0.4) is 0 Å². The number of benzene rings is 1. The van der Waals surface area contributed by atoms with Gasteiger partial charge in [0, 0.05) is 12.7 Å². The van der Waals surface area contributed by atoms with Gasteiger partial charge in [-0.05, 0) is 49.8 Å². The van der Waals surface area contributed by atoms with Gasteiger partial charge in [-0.1, -0.05) is 48.0 Å². The van der Waals surface area contributed by atoms with Gasteiger partial charge < -0.3 is 5.73 Å². The third-order valence-electron chi connectivity index (χ3n) is 5.84. The number of allylic oxidation sites excluding steroid dienone is 1. The van der Waals surface area contributed by atoms with Crippen molar-refractivity contribution in [3.8, 4) is 0 Å². The molecule has 8 nitrogen and oxygen atoms in total. The number of aromatic amines is 1. The van der Waals surface area contributed by atoms with Crippen molar-refractivity contribution >= 4 is 17.4 Å². The fourth-order valence-electron chi connectivity index (χ4n) is 4.09. The lowest BCUT2D eigenvalue weighted by molar-refractivity contribution is 0.0982. The molecule has 3 aromatic rings. The van der Waals surface area contributed by atoms with E-state index in [1.165, 1.54) is 21.2 Å². The molecular weight excluding hydrogens is 418 g/mol. The summed E-state index contributed by atoms with van der Waals surface area (Å²) in [6, 6.07) is 14.4. The molecule has 170 valence electrons. The molecule has 0 bridgehead atoms. The Hall–Kier alpha value is -3.94. The number of carbonyl (C=O) groups excluding carboxylic acids is 1. The van der Waals surface area contributed by atoms with Gasteiger partial charge in [0.25, 0.3) is 11.5 Å². The van der Waals surface area contributed by atoms with Crippen LogP contribution in [-0.4, -0.2) is 27.0 Å². The van der Waals surface area contributed by atoms with E-state index in [0.29, 0.717) is 6.42 Å². The molecule has 3 N–H and O–H groups in total. The summed E-state index contributed by atoms with van der Waals surface area (Å²) in [6.45, 7) is 0.435. The highest BCUT2D eigenvalue weighted by Gasteiger charge is 2.26.